The lowest BCUT2D eigenvalue weighted by Crippen LogP contribution is -2.52. The number of nitrogens with zero attached hydrogens (tertiary/aromatic N) is 2. The van der Waals surface area contributed by atoms with Crippen LogP contribution in [0.5, 0.6) is 11.5 Å². The van der Waals surface area contributed by atoms with Gasteiger partial charge in [0.05, 0.1) is 10.5 Å². The minimum absolute atomic E-state index is 0.175. The number of benzene rings is 2. The molecule has 0 amide bonds. The smallest absolute Gasteiger partial charge is 0.416 e. The largest absolute Gasteiger partial charge is 0.486 e. The first-order valence-corrected chi connectivity index (χ1v) is 11.0. The molecule has 0 radical (unpaired) electrons. The second-order valence-electron chi connectivity index (χ2n) is 7.23. The third kappa shape index (κ3) is 4.40. The number of hydrogen-bond donors (Lipinski definition) is 0. The van der Waals surface area contributed by atoms with Gasteiger partial charge in [-0.05, 0) is 30.3 Å². The van der Waals surface area contributed by atoms with Crippen LogP contribution in [0.3, 0.4) is 0 Å². The van der Waals surface area contributed by atoms with Crippen LogP contribution in [0.25, 0.3) is 0 Å². The molecule has 1 saturated heterocycles. The number of ether oxygens (including phenoxy) is 2. The zero-order valence-electron chi connectivity index (χ0n) is 16.0. The summed E-state index contributed by atoms with van der Waals surface area (Å²) in [7, 11) is -3.99. The van der Waals surface area contributed by atoms with Crippen LogP contribution in [0.2, 0.25) is 0 Å². The van der Waals surface area contributed by atoms with Crippen LogP contribution < -0.4 is 9.47 Å². The van der Waals surface area contributed by atoms with Crippen LogP contribution in [0.15, 0.2) is 53.4 Å². The minimum Gasteiger partial charge on any atom is -0.486 e. The number of alkyl halides is 3. The van der Waals surface area contributed by atoms with Gasteiger partial charge in [0, 0.05) is 32.7 Å². The van der Waals surface area contributed by atoms with Crippen molar-refractivity contribution in [2.75, 3.05) is 39.3 Å². The third-order valence-electron chi connectivity index (χ3n) is 5.16. The lowest BCUT2D eigenvalue weighted by atomic mass is 10.2. The fourth-order valence-corrected chi connectivity index (χ4v) is 5.04. The van der Waals surface area contributed by atoms with E-state index in [0.29, 0.717) is 43.8 Å². The second kappa shape index (κ2) is 8.09. The summed E-state index contributed by atoms with van der Waals surface area (Å²) >= 11 is 0. The molecule has 2 aliphatic heterocycles. The van der Waals surface area contributed by atoms with Gasteiger partial charge in [-0.1, -0.05) is 18.2 Å². The number of para-hydroxylation sites is 2. The van der Waals surface area contributed by atoms with Crippen molar-refractivity contribution in [3.05, 3.63) is 54.1 Å². The van der Waals surface area contributed by atoms with E-state index in [2.05, 4.69) is 4.90 Å². The molecule has 1 fully saturated rings. The minimum atomic E-state index is -4.59. The van der Waals surface area contributed by atoms with Crippen LogP contribution >= 0.6 is 0 Å². The number of fused-ring (bicyclic) bond motifs is 1. The van der Waals surface area contributed by atoms with Crippen molar-refractivity contribution in [2.45, 2.75) is 17.2 Å². The Morgan fingerprint density at radius 2 is 1.67 bits per heavy atom. The topological polar surface area (TPSA) is 59.1 Å². The van der Waals surface area contributed by atoms with E-state index in [1.165, 1.54) is 10.4 Å². The predicted molar refractivity (Wildman–Crippen MR) is 103 cm³/mol. The Hall–Kier alpha value is -2.30. The number of sulfonamides is 1. The summed E-state index contributed by atoms with van der Waals surface area (Å²) in [6.45, 7) is 2.29. The zero-order valence-corrected chi connectivity index (χ0v) is 16.8. The molecule has 1 atom stereocenters. The molecule has 2 aliphatic rings. The fourth-order valence-electron chi connectivity index (χ4n) is 3.58. The molecule has 6 nitrogen and oxygen atoms in total. The average Bonchev–Trinajstić information content (AvgIpc) is 2.73. The highest BCUT2D eigenvalue weighted by Gasteiger charge is 2.34. The Balaban J connectivity index is 1.36. The quantitative estimate of drug-likeness (QED) is 0.729. The van der Waals surface area contributed by atoms with E-state index < -0.39 is 21.8 Å². The Kier molecular flexibility index (Phi) is 5.65. The van der Waals surface area contributed by atoms with E-state index in [-0.39, 0.29) is 24.1 Å². The molecule has 0 bridgehead atoms. The Labute approximate surface area is 172 Å². The van der Waals surface area contributed by atoms with E-state index in [0.717, 1.165) is 12.1 Å². The van der Waals surface area contributed by atoms with E-state index in [1.807, 2.05) is 24.3 Å². The van der Waals surface area contributed by atoms with Gasteiger partial charge in [0.1, 0.15) is 12.7 Å². The molecule has 30 heavy (non-hydrogen) atoms. The maximum absolute atomic E-state index is 12.9. The van der Waals surface area contributed by atoms with Gasteiger partial charge in [0.2, 0.25) is 10.0 Å². The summed E-state index contributed by atoms with van der Waals surface area (Å²) in [5.74, 6) is 1.38. The van der Waals surface area contributed by atoms with Gasteiger partial charge in [-0.2, -0.15) is 17.5 Å². The van der Waals surface area contributed by atoms with Crippen molar-refractivity contribution in [2.24, 2.45) is 0 Å². The Bertz CT molecular complexity index is 1010. The molecule has 10 heteroatoms. The van der Waals surface area contributed by atoms with Gasteiger partial charge in [0.15, 0.2) is 11.5 Å². The molecule has 0 N–H and O–H groups in total. The first-order valence-electron chi connectivity index (χ1n) is 9.52. The Morgan fingerprint density at radius 1 is 0.967 bits per heavy atom. The monoisotopic (exact) mass is 442 g/mol. The zero-order chi connectivity index (χ0) is 21.4. The van der Waals surface area contributed by atoms with Gasteiger partial charge >= 0.3 is 6.18 Å². The van der Waals surface area contributed by atoms with Crippen molar-refractivity contribution in [3.8, 4) is 11.5 Å². The average molecular weight is 442 g/mol. The highest BCUT2D eigenvalue weighted by molar-refractivity contribution is 7.89. The van der Waals surface area contributed by atoms with E-state index in [1.54, 1.807) is 0 Å². The van der Waals surface area contributed by atoms with Crippen molar-refractivity contribution < 1.29 is 31.1 Å². The maximum Gasteiger partial charge on any atom is 0.416 e. The van der Waals surface area contributed by atoms with Crippen LogP contribution in [-0.2, 0) is 16.2 Å². The van der Waals surface area contributed by atoms with Crippen LogP contribution in [0.4, 0.5) is 13.2 Å². The summed E-state index contributed by atoms with van der Waals surface area (Å²) in [5.41, 5.74) is -0.975. The highest BCUT2D eigenvalue weighted by Crippen LogP contribution is 2.32. The van der Waals surface area contributed by atoms with Crippen LogP contribution in [-0.4, -0.2) is 63.1 Å². The van der Waals surface area contributed by atoms with Gasteiger partial charge in [0.25, 0.3) is 0 Å². The number of rotatable bonds is 4. The fraction of sp³-hybridized carbons (Fsp3) is 0.400. The summed E-state index contributed by atoms with van der Waals surface area (Å²) in [5, 5.41) is 0. The van der Waals surface area contributed by atoms with Crippen LogP contribution in [0.1, 0.15) is 5.56 Å². The van der Waals surface area contributed by atoms with E-state index >= 15 is 0 Å². The van der Waals surface area contributed by atoms with E-state index in [4.69, 9.17) is 9.47 Å². The Morgan fingerprint density at radius 3 is 2.37 bits per heavy atom. The SMILES string of the molecule is O=S(=O)(c1cccc(C(F)(F)F)c1)N1CCN(C[C@@H]2COc3ccccc3O2)CC1. The molecule has 4 rings (SSSR count). The molecule has 0 aliphatic carbocycles. The normalized spacial score (nSPS) is 20.8. The molecule has 0 saturated carbocycles. The third-order valence-corrected chi connectivity index (χ3v) is 7.05. The van der Waals surface area contributed by atoms with Crippen molar-refractivity contribution in [1.29, 1.82) is 0 Å². The molecule has 0 aromatic heterocycles. The molecule has 162 valence electrons. The van der Waals surface area contributed by atoms with E-state index in [9.17, 15) is 21.6 Å². The second-order valence-corrected chi connectivity index (χ2v) is 9.17. The molecule has 2 aromatic rings. The lowest BCUT2D eigenvalue weighted by molar-refractivity contribution is -0.137. The highest BCUT2D eigenvalue weighted by atomic mass is 32.2. The number of hydrogen-bond acceptors (Lipinski definition) is 5. The molecule has 2 aromatic carbocycles. The van der Waals surface area contributed by atoms with Gasteiger partial charge < -0.3 is 9.47 Å². The molecule has 0 unspecified atom stereocenters. The molecular weight excluding hydrogens is 421 g/mol. The van der Waals surface area contributed by atoms with Crippen molar-refractivity contribution in [1.82, 2.24) is 9.21 Å². The summed E-state index contributed by atoms with van der Waals surface area (Å²) in [6, 6.07) is 11.3. The lowest BCUT2D eigenvalue weighted by Gasteiger charge is -2.36. The number of piperazine rings is 1. The standard InChI is InChI=1S/C20H21F3N2O4S/c21-20(22,23)15-4-3-5-17(12-15)30(26,27)25-10-8-24(9-11-25)13-16-14-28-18-6-1-2-7-19(18)29-16/h1-7,12,16H,8-11,13-14H2/t16-/m1/s1. The van der Waals surface area contributed by atoms with Crippen LogP contribution in [0, 0.1) is 0 Å². The van der Waals surface area contributed by atoms with Gasteiger partial charge in [-0.3, -0.25) is 4.90 Å². The first kappa shape index (κ1) is 21.0. The molecule has 0 spiro atoms. The number of halogens is 3. The van der Waals surface area contributed by atoms with Gasteiger partial charge in [-0.25, -0.2) is 8.42 Å². The first-order chi connectivity index (χ1) is 14.2. The maximum atomic E-state index is 12.9. The predicted octanol–water partition coefficient (Wildman–Crippen LogP) is 2.85. The van der Waals surface area contributed by atoms with Crippen molar-refractivity contribution >= 4 is 10.0 Å². The summed E-state index contributed by atoms with van der Waals surface area (Å²) in [4.78, 5) is 1.73. The van der Waals surface area contributed by atoms with Gasteiger partial charge in [-0.15, -0.1) is 0 Å². The molecule has 2 heterocycles. The van der Waals surface area contributed by atoms with Crippen molar-refractivity contribution in [3.63, 3.8) is 0 Å². The summed E-state index contributed by atoms with van der Waals surface area (Å²) < 4.78 is 77.2. The summed E-state index contributed by atoms with van der Waals surface area (Å²) in [6.07, 6.45) is -4.77. The molecular formula is C20H21F3N2O4S.